The van der Waals surface area contributed by atoms with Crippen LogP contribution in [0.15, 0.2) is 48.8 Å². The quantitative estimate of drug-likeness (QED) is 0.805. The molecule has 0 spiro atoms. The van der Waals surface area contributed by atoms with Gasteiger partial charge in [-0.05, 0) is 30.3 Å². The Morgan fingerprint density at radius 3 is 2.94 bits per heavy atom. The van der Waals surface area contributed by atoms with Crippen molar-refractivity contribution in [2.75, 3.05) is 18.5 Å². The molecule has 88 valence electrons. The number of nitrogens with zero attached hydrogens (tertiary/aromatic N) is 1. The zero-order valence-electron chi connectivity index (χ0n) is 9.27. The number of benzene rings is 1. The maximum atomic E-state index is 12.9. The van der Waals surface area contributed by atoms with Crippen molar-refractivity contribution in [3.05, 3.63) is 54.6 Å². The van der Waals surface area contributed by atoms with E-state index in [-0.39, 0.29) is 5.82 Å². The van der Waals surface area contributed by atoms with E-state index >= 15 is 0 Å². The van der Waals surface area contributed by atoms with Crippen LogP contribution in [0.25, 0.3) is 0 Å². The van der Waals surface area contributed by atoms with Crippen LogP contribution in [0.1, 0.15) is 0 Å². The number of pyridine rings is 1. The Hall–Kier alpha value is -2.10. The molecule has 3 nitrogen and oxygen atoms in total. The van der Waals surface area contributed by atoms with Gasteiger partial charge in [0.1, 0.15) is 18.2 Å². The third-order valence-electron chi connectivity index (χ3n) is 2.16. The highest BCUT2D eigenvalue weighted by Gasteiger charge is 1.95. The van der Waals surface area contributed by atoms with Gasteiger partial charge in [0, 0.05) is 18.4 Å². The summed E-state index contributed by atoms with van der Waals surface area (Å²) in [6.07, 6.45) is 3.35. The second-order valence-electron chi connectivity index (χ2n) is 3.47. The van der Waals surface area contributed by atoms with E-state index < -0.39 is 0 Å². The average molecular weight is 232 g/mol. The van der Waals surface area contributed by atoms with Crippen molar-refractivity contribution in [3.8, 4) is 5.75 Å². The van der Waals surface area contributed by atoms with Crippen LogP contribution >= 0.6 is 0 Å². The molecule has 1 aromatic carbocycles. The largest absolute Gasteiger partial charge is 0.490 e. The smallest absolute Gasteiger partial charge is 0.137 e. The molecule has 0 fully saturated rings. The Morgan fingerprint density at radius 1 is 1.24 bits per heavy atom. The molecule has 0 aliphatic heterocycles. The lowest BCUT2D eigenvalue weighted by molar-refractivity contribution is 0.331. The molecular formula is C13H13FN2O. The number of ether oxygens (including phenoxy) is 1. The van der Waals surface area contributed by atoms with Crippen molar-refractivity contribution in [2.45, 2.75) is 0 Å². The molecule has 0 bridgehead atoms. The van der Waals surface area contributed by atoms with Gasteiger partial charge in [-0.2, -0.15) is 0 Å². The minimum absolute atomic E-state index is 0.247. The fourth-order valence-corrected chi connectivity index (χ4v) is 1.40. The van der Waals surface area contributed by atoms with Gasteiger partial charge in [-0.3, -0.25) is 4.98 Å². The Balaban J connectivity index is 1.73. The van der Waals surface area contributed by atoms with Crippen LogP contribution in [0.2, 0.25) is 0 Å². The molecule has 0 aliphatic carbocycles. The fraction of sp³-hybridized carbons (Fsp3) is 0.154. The zero-order chi connectivity index (χ0) is 11.9. The van der Waals surface area contributed by atoms with E-state index in [2.05, 4.69) is 10.3 Å². The Labute approximate surface area is 99.3 Å². The Bertz CT molecular complexity index is 462. The first-order valence-electron chi connectivity index (χ1n) is 5.37. The first-order chi connectivity index (χ1) is 8.34. The Morgan fingerprint density at radius 2 is 2.18 bits per heavy atom. The second-order valence-corrected chi connectivity index (χ2v) is 3.47. The molecule has 0 amide bonds. The molecule has 17 heavy (non-hydrogen) atoms. The van der Waals surface area contributed by atoms with Crippen molar-refractivity contribution in [2.24, 2.45) is 0 Å². The van der Waals surface area contributed by atoms with E-state index in [4.69, 9.17) is 4.74 Å². The van der Waals surface area contributed by atoms with Crippen LogP contribution in [0, 0.1) is 5.82 Å². The van der Waals surface area contributed by atoms with E-state index in [1.807, 2.05) is 18.2 Å². The molecule has 2 rings (SSSR count). The zero-order valence-corrected chi connectivity index (χ0v) is 9.27. The van der Waals surface area contributed by atoms with Gasteiger partial charge in [-0.15, -0.1) is 0 Å². The lowest BCUT2D eigenvalue weighted by Gasteiger charge is -2.08. The van der Waals surface area contributed by atoms with E-state index in [9.17, 15) is 4.39 Å². The van der Waals surface area contributed by atoms with Crippen LogP contribution in [0.5, 0.6) is 5.75 Å². The highest BCUT2D eigenvalue weighted by molar-refractivity contribution is 5.42. The number of rotatable bonds is 5. The predicted molar refractivity (Wildman–Crippen MR) is 64.6 cm³/mol. The van der Waals surface area contributed by atoms with Crippen LogP contribution in [0.4, 0.5) is 10.1 Å². The molecule has 0 radical (unpaired) electrons. The lowest BCUT2D eigenvalue weighted by Crippen LogP contribution is -2.11. The van der Waals surface area contributed by atoms with Crippen LogP contribution in [-0.2, 0) is 0 Å². The predicted octanol–water partition coefficient (Wildman–Crippen LogP) is 2.71. The van der Waals surface area contributed by atoms with Gasteiger partial charge >= 0.3 is 0 Å². The Kier molecular flexibility index (Phi) is 3.91. The number of hydrogen-bond acceptors (Lipinski definition) is 3. The number of hydrogen-bond donors (Lipinski definition) is 1. The molecule has 0 atom stereocenters. The molecule has 4 heteroatoms. The first kappa shape index (κ1) is 11.4. The minimum Gasteiger partial charge on any atom is -0.490 e. The normalized spacial score (nSPS) is 9.94. The number of halogens is 1. The maximum absolute atomic E-state index is 12.9. The molecule has 1 aromatic heterocycles. The number of aromatic nitrogens is 1. The summed E-state index contributed by atoms with van der Waals surface area (Å²) in [6, 6.07) is 10.00. The van der Waals surface area contributed by atoms with E-state index in [0.29, 0.717) is 13.2 Å². The van der Waals surface area contributed by atoms with Gasteiger partial charge < -0.3 is 10.1 Å². The van der Waals surface area contributed by atoms with Crippen molar-refractivity contribution in [3.63, 3.8) is 0 Å². The minimum atomic E-state index is -0.247. The van der Waals surface area contributed by atoms with E-state index in [1.54, 1.807) is 18.5 Å². The van der Waals surface area contributed by atoms with Crippen molar-refractivity contribution in [1.29, 1.82) is 0 Å². The summed E-state index contributed by atoms with van der Waals surface area (Å²) in [6.45, 7) is 1.11. The lowest BCUT2D eigenvalue weighted by atomic mass is 10.3. The second kappa shape index (κ2) is 5.84. The standard InChI is InChI=1S/C13H13FN2O/c14-11-3-1-4-12(9-11)16-7-8-17-13-5-2-6-15-10-13/h1-6,9-10,16H,7-8H2. The summed E-state index contributed by atoms with van der Waals surface area (Å²) in [5.41, 5.74) is 0.750. The van der Waals surface area contributed by atoms with Crippen molar-refractivity contribution >= 4 is 5.69 Å². The van der Waals surface area contributed by atoms with Crippen LogP contribution in [-0.4, -0.2) is 18.1 Å². The molecule has 1 heterocycles. The highest BCUT2D eigenvalue weighted by Crippen LogP contribution is 2.09. The summed E-state index contributed by atoms with van der Waals surface area (Å²) < 4.78 is 18.3. The van der Waals surface area contributed by atoms with E-state index in [0.717, 1.165) is 11.4 Å². The topological polar surface area (TPSA) is 34.1 Å². The van der Waals surface area contributed by atoms with Gasteiger partial charge in [0.15, 0.2) is 0 Å². The van der Waals surface area contributed by atoms with E-state index in [1.165, 1.54) is 12.1 Å². The third kappa shape index (κ3) is 3.75. The maximum Gasteiger partial charge on any atom is 0.137 e. The summed E-state index contributed by atoms with van der Waals surface area (Å²) >= 11 is 0. The summed E-state index contributed by atoms with van der Waals surface area (Å²) in [5, 5.41) is 3.07. The van der Waals surface area contributed by atoms with Gasteiger partial charge in [-0.1, -0.05) is 6.07 Å². The average Bonchev–Trinajstić information content (AvgIpc) is 2.36. The molecule has 1 N–H and O–H groups in total. The summed E-state index contributed by atoms with van der Waals surface area (Å²) in [5.74, 6) is 0.483. The van der Waals surface area contributed by atoms with Gasteiger partial charge in [0.05, 0.1) is 6.20 Å². The molecule has 0 saturated heterocycles. The third-order valence-corrected chi connectivity index (χ3v) is 2.16. The SMILES string of the molecule is Fc1cccc(NCCOc2cccnc2)c1. The number of nitrogens with one attached hydrogen (secondary N) is 1. The monoisotopic (exact) mass is 232 g/mol. The van der Waals surface area contributed by atoms with Gasteiger partial charge in [0.2, 0.25) is 0 Å². The molecular weight excluding hydrogens is 219 g/mol. The van der Waals surface area contributed by atoms with Crippen LogP contribution in [0.3, 0.4) is 0 Å². The van der Waals surface area contributed by atoms with Gasteiger partial charge in [-0.25, -0.2) is 4.39 Å². The van der Waals surface area contributed by atoms with Gasteiger partial charge in [0.25, 0.3) is 0 Å². The number of anilines is 1. The summed E-state index contributed by atoms with van der Waals surface area (Å²) in [4.78, 5) is 3.94. The van der Waals surface area contributed by atoms with Crippen LogP contribution < -0.4 is 10.1 Å². The highest BCUT2D eigenvalue weighted by atomic mass is 19.1. The fourth-order valence-electron chi connectivity index (χ4n) is 1.40. The molecule has 0 saturated carbocycles. The van der Waals surface area contributed by atoms with Crippen molar-refractivity contribution < 1.29 is 9.13 Å². The molecule has 2 aromatic rings. The molecule has 0 unspecified atom stereocenters. The van der Waals surface area contributed by atoms with Crippen molar-refractivity contribution in [1.82, 2.24) is 4.98 Å². The summed E-state index contributed by atoms with van der Waals surface area (Å²) in [7, 11) is 0. The first-order valence-corrected chi connectivity index (χ1v) is 5.37. The molecule has 0 aliphatic rings.